The van der Waals surface area contributed by atoms with E-state index in [4.69, 9.17) is 0 Å². The van der Waals surface area contributed by atoms with Gasteiger partial charge in [-0.1, -0.05) is 0 Å². The van der Waals surface area contributed by atoms with E-state index >= 15 is 0 Å². The largest absolute Gasteiger partial charge is 0.433 e. The van der Waals surface area contributed by atoms with Gasteiger partial charge in [-0.2, -0.15) is 13.2 Å². The average Bonchev–Trinajstić information content (AvgIpc) is 3.10. The molecule has 168 valence electrons. The fourth-order valence-corrected chi connectivity index (χ4v) is 4.83. The molecule has 1 saturated carbocycles. The van der Waals surface area contributed by atoms with Gasteiger partial charge in [0.05, 0.1) is 5.69 Å². The van der Waals surface area contributed by atoms with Gasteiger partial charge in [-0.15, -0.1) is 0 Å². The van der Waals surface area contributed by atoms with E-state index < -0.39 is 23.7 Å². The van der Waals surface area contributed by atoms with Crippen molar-refractivity contribution < 1.29 is 22.0 Å². The van der Waals surface area contributed by atoms with Crippen molar-refractivity contribution in [2.24, 2.45) is 11.8 Å². The van der Waals surface area contributed by atoms with E-state index in [2.05, 4.69) is 9.97 Å². The highest BCUT2D eigenvalue weighted by atomic mass is 19.4. The van der Waals surface area contributed by atoms with Crippen molar-refractivity contribution in [3.05, 3.63) is 44.9 Å². The Labute approximate surface area is 176 Å². The van der Waals surface area contributed by atoms with Gasteiger partial charge in [0.2, 0.25) is 0 Å². The van der Waals surface area contributed by atoms with Crippen LogP contribution in [0, 0.1) is 32.6 Å². The molecule has 9 heteroatoms. The molecule has 1 aliphatic heterocycles. The minimum absolute atomic E-state index is 0.0120. The predicted molar refractivity (Wildman–Crippen MR) is 107 cm³/mol. The highest BCUT2D eigenvalue weighted by Gasteiger charge is 2.51. The number of halogens is 5. The van der Waals surface area contributed by atoms with Crippen LogP contribution in [0.25, 0.3) is 11.3 Å². The van der Waals surface area contributed by atoms with Crippen LogP contribution in [0.15, 0.2) is 16.9 Å². The van der Waals surface area contributed by atoms with E-state index in [0.717, 1.165) is 0 Å². The highest BCUT2D eigenvalue weighted by molar-refractivity contribution is 5.75. The number of H-pyrrole nitrogens is 1. The van der Waals surface area contributed by atoms with E-state index in [1.165, 1.54) is 24.0 Å². The summed E-state index contributed by atoms with van der Waals surface area (Å²) in [6.07, 6.45) is -3.86. The van der Waals surface area contributed by atoms with E-state index in [1.807, 2.05) is 0 Å². The molecule has 31 heavy (non-hydrogen) atoms. The number of rotatable bonds is 2. The standard InChI is InChI=1S/C22H24F5N3O/c1-11-7-15(17-8-18(31)12(2)13(3)28-17)20(29-19(11)22(25,26)27)30-9-14-5-4-6-21(23,24)16(14)10-30/h7-8,14,16H,4-6,9-10H2,1-3H3,(H,28,31)/t14-,16+/m1/s1. The van der Waals surface area contributed by atoms with Crippen molar-refractivity contribution in [1.29, 1.82) is 0 Å². The summed E-state index contributed by atoms with van der Waals surface area (Å²) in [5.41, 5.74) is 0.353. The fourth-order valence-electron chi connectivity index (χ4n) is 4.83. The second kappa shape index (κ2) is 7.31. The number of hydrogen-bond donors (Lipinski definition) is 1. The van der Waals surface area contributed by atoms with Crippen molar-refractivity contribution in [3.63, 3.8) is 0 Å². The molecule has 4 rings (SSSR count). The molecule has 2 fully saturated rings. The van der Waals surface area contributed by atoms with Gasteiger partial charge >= 0.3 is 6.18 Å². The lowest BCUT2D eigenvalue weighted by molar-refractivity contribution is -0.141. The van der Waals surface area contributed by atoms with Crippen LogP contribution < -0.4 is 10.3 Å². The minimum Gasteiger partial charge on any atom is -0.358 e. The lowest BCUT2D eigenvalue weighted by Gasteiger charge is -2.32. The summed E-state index contributed by atoms with van der Waals surface area (Å²) in [6, 6.07) is 2.67. The number of fused-ring (bicyclic) bond motifs is 1. The van der Waals surface area contributed by atoms with Crippen molar-refractivity contribution in [2.45, 2.75) is 52.1 Å². The number of nitrogens with zero attached hydrogens (tertiary/aromatic N) is 2. The van der Waals surface area contributed by atoms with Gasteiger partial charge in [-0.3, -0.25) is 4.79 Å². The Morgan fingerprint density at radius 2 is 1.87 bits per heavy atom. The molecule has 0 unspecified atom stereocenters. The quantitative estimate of drug-likeness (QED) is 0.648. The SMILES string of the molecule is Cc1cc(-c2cc(=O)c(C)c(C)[nH]2)c(N2C[C@H]3CCCC(F)(F)[C@H]3C2)nc1C(F)(F)F. The fraction of sp³-hybridized carbons (Fsp3) is 0.545. The van der Waals surface area contributed by atoms with Crippen LogP contribution >= 0.6 is 0 Å². The van der Waals surface area contributed by atoms with Crippen LogP contribution in [0.5, 0.6) is 0 Å². The molecule has 1 aliphatic carbocycles. The first-order valence-electron chi connectivity index (χ1n) is 10.3. The molecule has 0 bridgehead atoms. The van der Waals surface area contributed by atoms with Gasteiger partial charge in [0, 0.05) is 48.3 Å². The normalized spacial score (nSPS) is 23.2. The maximum Gasteiger partial charge on any atom is 0.433 e. The Morgan fingerprint density at radius 3 is 2.48 bits per heavy atom. The first kappa shape index (κ1) is 21.8. The highest BCUT2D eigenvalue weighted by Crippen LogP contribution is 2.48. The second-order valence-corrected chi connectivity index (χ2v) is 8.74. The van der Waals surface area contributed by atoms with Gasteiger partial charge in [-0.05, 0) is 51.2 Å². The molecule has 0 radical (unpaired) electrons. The third-order valence-electron chi connectivity index (χ3n) is 6.65. The Balaban J connectivity index is 1.87. The third kappa shape index (κ3) is 3.83. The number of aryl methyl sites for hydroxylation is 2. The average molecular weight is 441 g/mol. The molecular weight excluding hydrogens is 417 g/mol. The number of aromatic amines is 1. The van der Waals surface area contributed by atoms with E-state index in [0.29, 0.717) is 35.4 Å². The lowest BCUT2D eigenvalue weighted by Crippen LogP contribution is -2.37. The summed E-state index contributed by atoms with van der Waals surface area (Å²) in [7, 11) is 0. The number of alkyl halides is 5. The summed E-state index contributed by atoms with van der Waals surface area (Å²) in [5, 5.41) is 0. The number of nitrogens with one attached hydrogen (secondary N) is 1. The minimum atomic E-state index is -4.68. The molecule has 1 N–H and O–H groups in total. The molecule has 0 amide bonds. The molecular formula is C22H24F5N3O. The van der Waals surface area contributed by atoms with Gasteiger partial charge in [0.25, 0.3) is 5.92 Å². The molecule has 0 spiro atoms. The van der Waals surface area contributed by atoms with Crippen LogP contribution in [0.4, 0.5) is 27.8 Å². The molecule has 2 atom stereocenters. The van der Waals surface area contributed by atoms with Crippen LogP contribution in [-0.4, -0.2) is 29.0 Å². The molecule has 3 heterocycles. The maximum atomic E-state index is 14.5. The monoisotopic (exact) mass is 441 g/mol. The van der Waals surface area contributed by atoms with E-state index in [-0.39, 0.29) is 42.2 Å². The summed E-state index contributed by atoms with van der Waals surface area (Å²) < 4.78 is 69.7. The van der Waals surface area contributed by atoms with E-state index in [9.17, 15) is 26.7 Å². The Kier molecular flexibility index (Phi) is 5.13. The molecule has 1 saturated heterocycles. The molecule has 2 aliphatic rings. The van der Waals surface area contributed by atoms with Gasteiger partial charge in [-0.25, -0.2) is 13.8 Å². The molecule has 2 aromatic rings. The predicted octanol–water partition coefficient (Wildman–Crippen LogP) is 5.25. The summed E-state index contributed by atoms with van der Waals surface area (Å²) in [6.45, 7) is 4.82. The number of hydrogen-bond acceptors (Lipinski definition) is 3. The van der Waals surface area contributed by atoms with Crippen LogP contribution in [0.1, 0.15) is 41.8 Å². The van der Waals surface area contributed by atoms with Crippen LogP contribution in [-0.2, 0) is 6.18 Å². The van der Waals surface area contributed by atoms with E-state index in [1.54, 1.807) is 13.8 Å². The van der Waals surface area contributed by atoms with Crippen molar-refractivity contribution in [1.82, 2.24) is 9.97 Å². The Bertz CT molecular complexity index is 1080. The van der Waals surface area contributed by atoms with Gasteiger partial charge < -0.3 is 9.88 Å². The maximum absolute atomic E-state index is 14.5. The van der Waals surface area contributed by atoms with Crippen LogP contribution in [0.2, 0.25) is 0 Å². The number of pyridine rings is 2. The number of aromatic nitrogens is 2. The zero-order chi connectivity index (χ0) is 22.7. The van der Waals surface area contributed by atoms with Crippen LogP contribution in [0.3, 0.4) is 0 Å². The number of anilines is 1. The van der Waals surface area contributed by atoms with Crippen molar-refractivity contribution in [2.75, 3.05) is 18.0 Å². The molecule has 2 aromatic heterocycles. The summed E-state index contributed by atoms with van der Waals surface area (Å²) in [4.78, 5) is 20.9. The molecule has 0 aromatic carbocycles. The Hall–Kier alpha value is -2.45. The molecule has 4 nitrogen and oxygen atoms in total. The van der Waals surface area contributed by atoms with Gasteiger partial charge in [0.15, 0.2) is 5.43 Å². The smallest absolute Gasteiger partial charge is 0.358 e. The Morgan fingerprint density at radius 1 is 1.16 bits per heavy atom. The lowest BCUT2D eigenvalue weighted by atomic mass is 9.79. The third-order valence-corrected chi connectivity index (χ3v) is 6.65. The first-order valence-corrected chi connectivity index (χ1v) is 10.3. The van der Waals surface area contributed by atoms with Gasteiger partial charge in [0.1, 0.15) is 11.5 Å². The second-order valence-electron chi connectivity index (χ2n) is 8.74. The zero-order valence-electron chi connectivity index (χ0n) is 17.5. The van der Waals surface area contributed by atoms with Crippen molar-refractivity contribution >= 4 is 5.82 Å². The topological polar surface area (TPSA) is 49.0 Å². The first-order chi connectivity index (χ1) is 14.4. The zero-order valence-corrected chi connectivity index (χ0v) is 17.5. The summed E-state index contributed by atoms with van der Waals surface area (Å²) in [5.74, 6) is -4.07. The summed E-state index contributed by atoms with van der Waals surface area (Å²) >= 11 is 0. The van der Waals surface area contributed by atoms with Crippen molar-refractivity contribution in [3.8, 4) is 11.3 Å².